The number of ether oxygens (including phenoxy) is 1. The lowest BCUT2D eigenvalue weighted by Gasteiger charge is -2.13. The number of fused-ring (bicyclic) bond motifs is 1. The Hall–Kier alpha value is -4.20. The summed E-state index contributed by atoms with van der Waals surface area (Å²) < 4.78 is 11.2. The van der Waals surface area contributed by atoms with Crippen LogP contribution in [0.15, 0.2) is 65.4 Å². The van der Waals surface area contributed by atoms with Crippen LogP contribution in [0.5, 0.6) is 5.75 Å². The molecule has 32 heavy (non-hydrogen) atoms. The van der Waals surface area contributed by atoms with Gasteiger partial charge in [0, 0.05) is 6.20 Å². The van der Waals surface area contributed by atoms with Crippen LogP contribution in [0.3, 0.4) is 0 Å². The molecule has 8 heteroatoms. The molecule has 4 aromatic rings. The molecule has 0 aliphatic heterocycles. The van der Waals surface area contributed by atoms with Crippen LogP contribution < -0.4 is 15.4 Å². The molecular weight excluding hydrogens is 408 g/mol. The summed E-state index contributed by atoms with van der Waals surface area (Å²) in [7, 11) is 0. The second kappa shape index (κ2) is 9.30. The van der Waals surface area contributed by atoms with Crippen molar-refractivity contribution in [2.24, 2.45) is 0 Å². The summed E-state index contributed by atoms with van der Waals surface area (Å²) in [5, 5.41) is 11.1. The highest BCUT2D eigenvalue weighted by Gasteiger charge is 2.17. The van der Waals surface area contributed by atoms with Gasteiger partial charge in [-0.15, -0.1) is 0 Å². The number of hydrogen-bond acceptors (Lipinski definition) is 6. The summed E-state index contributed by atoms with van der Waals surface area (Å²) >= 11 is 0. The highest BCUT2D eigenvalue weighted by molar-refractivity contribution is 6.03. The van der Waals surface area contributed by atoms with Crippen LogP contribution in [0.4, 0.5) is 5.69 Å². The molecule has 0 aliphatic carbocycles. The quantitative estimate of drug-likeness (QED) is 0.462. The van der Waals surface area contributed by atoms with Crippen molar-refractivity contribution in [2.45, 2.75) is 20.5 Å². The number of nitrogens with one attached hydrogen (secondary N) is 2. The first-order chi connectivity index (χ1) is 15.5. The number of carbonyl (C=O) groups excluding carboxylic acids is 2. The van der Waals surface area contributed by atoms with Gasteiger partial charge in [-0.2, -0.15) is 0 Å². The van der Waals surface area contributed by atoms with Gasteiger partial charge in [-0.3, -0.25) is 14.6 Å². The number of aryl methyl sites for hydroxylation is 2. The molecule has 8 nitrogen and oxygen atoms in total. The number of benzene rings is 2. The maximum atomic E-state index is 12.9. The lowest BCUT2D eigenvalue weighted by atomic mass is 10.1. The molecule has 0 saturated carbocycles. The van der Waals surface area contributed by atoms with Crippen molar-refractivity contribution in [2.75, 3.05) is 11.9 Å². The zero-order valence-electron chi connectivity index (χ0n) is 17.7. The Labute approximate surface area is 184 Å². The van der Waals surface area contributed by atoms with Gasteiger partial charge in [0.05, 0.1) is 35.2 Å². The summed E-state index contributed by atoms with van der Waals surface area (Å²) in [6, 6.07) is 14.7. The monoisotopic (exact) mass is 430 g/mol. The molecule has 0 bridgehead atoms. The minimum absolute atomic E-state index is 0.191. The normalized spacial score (nSPS) is 10.7. The molecule has 0 aliphatic rings. The van der Waals surface area contributed by atoms with Crippen LogP contribution in [0.25, 0.3) is 10.8 Å². The highest BCUT2D eigenvalue weighted by Crippen LogP contribution is 2.27. The van der Waals surface area contributed by atoms with Crippen LogP contribution in [0.1, 0.15) is 27.4 Å². The average Bonchev–Trinajstić information content (AvgIpc) is 3.13. The van der Waals surface area contributed by atoms with Gasteiger partial charge in [-0.05, 0) is 48.9 Å². The molecule has 162 valence electrons. The van der Waals surface area contributed by atoms with Crippen LogP contribution in [0, 0.1) is 13.8 Å². The number of pyridine rings is 1. The van der Waals surface area contributed by atoms with Crippen molar-refractivity contribution in [3.63, 3.8) is 0 Å². The van der Waals surface area contributed by atoms with Gasteiger partial charge < -0.3 is 19.9 Å². The van der Waals surface area contributed by atoms with E-state index in [2.05, 4.69) is 20.8 Å². The Morgan fingerprint density at radius 1 is 1.06 bits per heavy atom. The smallest absolute Gasteiger partial charge is 0.255 e. The number of aromatic nitrogens is 2. The number of anilines is 1. The average molecular weight is 430 g/mol. The second-order valence-corrected chi connectivity index (χ2v) is 7.26. The predicted molar refractivity (Wildman–Crippen MR) is 119 cm³/mol. The number of hydrogen-bond donors (Lipinski definition) is 2. The van der Waals surface area contributed by atoms with E-state index in [-0.39, 0.29) is 19.1 Å². The van der Waals surface area contributed by atoms with E-state index in [9.17, 15) is 9.59 Å². The zero-order chi connectivity index (χ0) is 22.5. The second-order valence-electron chi connectivity index (χ2n) is 7.26. The molecule has 2 aromatic carbocycles. The molecule has 0 atom stereocenters. The van der Waals surface area contributed by atoms with E-state index in [4.69, 9.17) is 9.26 Å². The minimum Gasteiger partial charge on any atom is -0.488 e. The van der Waals surface area contributed by atoms with Crippen molar-refractivity contribution in [3.8, 4) is 5.75 Å². The molecule has 2 aromatic heterocycles. The Balaban J connectivity index is 1.52. The summed E-state index contributed by atoms with van der Waals surface area (Å²) in [6.45, 7) is 3.67. The Kier molecular flexibility index (Phi) is 6.12. The van der Waals surface area contributed by atoms with Gasteiger partial charge in [-0.1, -0.05) is 29.4 Å². The molecule has 0 spiro atoms. The van der Waals surface area contributed by atoms with Crippen LogP contribution in [-0.4, -0.2) is 28.5 Å². The third kappa shape index (κ3) is 4.75. The summed E-state index contributed by atoms with van der Waals surface area (Å²) in [6.07, 6.45) is 3.14. The summed E-state index contributed by atoms with van der Waals surface area (Å²) in [5.41, 5.74) is 2.47. The predicted octanol–water partition coefficient (Wildman–Crippen LogP) is 3.79. The minimum atomic E-state index is -0.411. The maximum absolute atomic E-state index is 12.9. The number of amides is 2. The van der Waals surface area contributed by atoms with Crippen molar-refractivity contribution >= 4 is 28.3 Å². The molecular formula is C24H22N4O4. The van der Waals surface area contributed by atoms with E-state index in [0.717, 1.165) is 22.0 Å². The Morgan fingerprint density at radius 2 is 1.84 bits per heavy atom. The Morgan fingerprint density at radius 3 is 2.53 bits per heavy atom. The summed E-state index contributed by atoms with van der Waals surface area (Å²) in [5.74, 6) is 0.311. The maximum Gasteiger partial charge on any atom is 0.255 e. The van der Waals surface area contributed by atoms with Gasteiger partial charge in [-0.25, -0.2) is 0 Å². The van der Waals surface area contributed by atoms with Gasteiger partial charge >= 0.3 is 0 Å². The fraction of sp³-hybridized carbons (Fsp3) is 0.167. The van der Waals surface area contributed by atoms with E-state index in [1.165, 1.54) is 6.20 Å². The van der Waals surface area contributed by atoms with Gasteiger partial charge in [0.25, 0.3) is 5.91 Å². The molecule has 0 saturated heterocycles. The lowest BCUT2D eigenvalue weighted by Crippen LogP contribution is -2.33. The van der Waals surface area contributed by atoms with E-state index >= 15 is 0 Å². The molecule has 0 radical (unpaired) electrons. The molecule has 2 heterocycles. The number of rotatable bonds is 7. The van der Waals surface area contributed by atoms with E-state index in [1.54, 1.807) is 24.4 Å². The fourth-order valence-electron chi connectivity index (χ4n) is 3.27. The van der Waals surface area contributed by atoms with Gasteiger partial charge in [0.1, 0.15) is 18.1 Å². The van der Waals surface area contributed by atoms with E-state index in [0.29, 0.717) is 22.8 Å². The topological polar surface area (TPSA) is 106 Å². The van der Waals surface area contributed by atoms with Crippen molar-refractivity contribution in [1.29, 1.82) is 0 Å². The van der Waals surface area contributed by atoms with Gasteiger partial charge in [0.2, 0.25) is 5.91 Å². The summed E-state index contributed by atoms with van der Waals surface area (Å²) in [4.78, 5) is 29.1. The highest BCUT2D eigenvalue weighted by atomic mass is 16.5. The van der Waals surface area contributed by atoms with Crippen LogP contribution in [-0.2, 0) is 11.4 Å². The standard InChI is InChI=1S/C24H22N4O4/c1-15-21(16(2)32-28-15)14-31-22-11-18-7-4-3-6-17(18)10-20(22)24(30)26-13-23(29)27-19-8-5-9-25-12-19/h3-12H,13-14H2,1-2H3,(H,26,30)(H,27,29). The largest absolute Gasteiger partial charge is 0.488 e. The van der Waals surface area contributed by atoms with E-state index < -0.39 is 5.91 Å². The van der Waals surface area contributed by atoms with Crippen molar-refractivity contribution < 1.29 is 18.8 Å². The lowest BCUT2D eigenvalue weighted by molar-refractivity contribution is -0.115. The first kappa shape index (κ1) is 21.0. The first-order valence-electron chi connectivity index (χ1n) is 10.1. The van der Waals surface area contributed by atoms with Crippen LogP contribution in [0.2, 0.25) is 0 Å². The first-order valence-corrected chi connectivity index (χ1v) is 10.1. The third-order valence-electron chi connectivity index (χ3n) is 5.00. The van der Waals surface area contributed by atoms with Crippen molar-refractivity contribution in [3.05, 3.63) is 83.5 Å². The fourth-order valence-corrected chi connectivity index (χ4v) is 3.27. The number of nitrogens with zero attached hydrogens (tertiary/aromatic N) is 2. The Bertz CT molecular complexity index is 1250. The molecule has 2 N–H and O–H groups in total. The molecule has 0 unspecified atom stereocenters. The van der Waals surface area contributed by atoms with E-state index in [1.807, 2.05) is 44.2 Å². The zero-order valence-corrected chi connectivity index (χ0v) is 17.7. The third-order valence-corrected chi connectivity index (χ3v) is 5.00. The molecule has 0 fully saturated rings. The molecule has 2 amide bonds. The van der Waals surface area contributed by atoms with Crippen molar-refractivity contribution in [1.82, 2.24) is 15.5 Å². The number of carbonyl (C=O) groups is 2. The SMILES string of the molecule is Cc1noc(C)c1COc1cc2ccccc2cc1C(=O)NCC(=O)Nc1cccnc1. The van der Waals surface area contributed by atoms with Crippen LogP contribution >= 0.6 is 0 Å². The van der Waals surface area contributed by atoms with Gasteiger partial charge in [0.15, 0.2) is 0 Å². The molecule has 4 rings (SSSR count).